The second-order valence-electron chi connectivity index (χ2n) is 22.8. The van der Waals surface area contributed by atoms with Crippen molar-refractivity contribution in [2.24, 2.45) is 0 Å². The highest BCUT2D eigenvalue weighted by atomic mass is 31.2. The van der Waals surface area contributed by atoms with E-state index in [1.54, 1.807) is 56.4 Å². The van der Waals surface area contributed by atoms with E-state index in [2.05, 4.69) is 88.3 Å². The Morgan fingerprint density at radius 1 is 0.774 bits per heavy atom. The van der Waals surface area contributed by atoms with Crippen LogP contribution in [-0.2, 0) is 54.5 Å². The number of amides is 3. The molecule has 1 aliphatic carbocycles. The Morgan fingerprint density at radius 2 is 1.40 bits per heavy atom. The van der Waals surface area contributed by atoms with Crippen molar-refractivity contribution in [3.63, 3.8) is 0 Å². The highest BCUT2D eigenvalue weighted by Crippen LogP contribution is 2.51. The first-order valence-electron chi connectivity index (χ1n) is 30.8. The first-order chi connectivity index (χ1) is 45.2. The van der Waals surface area contributed by atoms with E-state index in [0.717, 1.165) is 38.9 Å². The first-order valence-corrected chi connectivity index (χ1v) is 31.9. The predicted octanol–water partition coefficient (Wildman–Crippen LogP) is 11.8. The molecule has 22 nitrogen and oxygen atoms in total. The third-order valence-electron chi connectivity index (χ3n) is 16.1. The Kier molecular flexibility index (Phi) is 22.6. The van der Waals surface area contributed by atoms with Gasteiger partial charge in [0, 0.05) is 56.5 Å². The lowest BCUT2D eigenvalue weighted by Crippen LogP contribution is -2.37. The number of nitrogens with zero attached hydrogens (tertiary/aromatic N) is 7. The standard InChI is InChI=1S/C70H76N9O13P/c1-46(2)79(47(3)4)93(90-38-16-36-71)92-60-39-62(91-68(60)88-45-89-70(50-17-9-8-10-18-50,51-28-32-53(84-6)33-29-51)52-30-34-54(85-7)35-31-52)78-44-75-64-65(73-43-74-66(64)78)76-67(82)49-26-24-48(25-27-49)40-72-61(80)42-86-63(81)23-15-37-77(5)69(83)87-41-59-57-21-13-11-19-55(57)56-20-12-14-22-58(56)59/h8-14,17-22,24-35,43-44,46-47,59-60,62,68H,15-16,23,37-42,45H2,1-7H3,(H,72,80)(H,73,74,76,82)/t60-,62+,68-,93?/m0/s1. The molecule has 0 radical (unpaired) electrons. The Balaban J connectivity index is 0.757. The maximum absolute atomic E-state index is 13.8. The van der Waals surface area contributed by atoms with Crippen molar-refractivity contribution in [1.29, 1.82) is 5.26 Å². The quantitative estimate of drug-likeness (QED) is 0.0140. The summed E-state index contributed by atoms with van der Waals surface area (Å²) in [5, 5.41) is 15.1. The Hall–Kier alpha value is -9.17. The molecule has 0 saturated carbocycles. The normalized spacial score (nSPS) is 15.6. The monoisotopic (exact) mass is 1280 g/mol. The van der Waals surface area contributed by atoms with Crippen LogP contribution in [0.1, 0.15) is 109 Å². The van der Waals surface area contributed by atoms with Gasteiger partial charge >= 0.3 is 12.1 Å². The highest BCUT2D eigenvalue weighted by Gasteiger charge is 2.44. The maximum Gasteiger partial charge on any atom is 0.409 e. The second kappa shape index (κ2) is 31.4. The van der Waals surface area contributed by atoms with E-state index in [-0.39, 0.29) is 76.2 Å². The summed E-state index contributed by atoms with van der Waals surface area (Å²) in [6.07, 6.45) is 0.519. The van der Waals surface area contributed by atoms with Gasteiger partial charge in [-0.2, -0.15) is 5.26 Å². The molecule has 10 rings (SSSR count). The zero-order chi connectivity index (χ0) is 65.4. The summed E-state index contributed by atoms with van der Waals surface area (Å²) in [6, 6.07) is 50.2. The second-order valence-corrected chi connectivity index (χ2v) is 24.2. The third kappa shape index (κ3) is 15.8. The average molecular weight is 1280 g/mol. The number of ether oxygens (including phenoxy) is 7. The minimum absolute atomic E-state index is 0.00402. The van der Waals surface area contributed by atoms with Gasteiger partial charge in [-0.05, 0) is 115 Å². The van der Waals surface area contributed by atoms with Crippen LogP contribution < -0.4 is 20.1 Å². The molecular weight excluding hydrogens is 1210 g/mol. The van der Waals surface area contributed by atoms with Crippen LogP contribution >= 0.6 is 8.53 Å². The lowest BCUT2D eigenvalue weighted by Gasteiger charge is -2.38. The van der Waals surface area contributed by atoms with E-state index in [1.165, 1.54) is 11.2 Å². The van der Waals surface area contributed by atoms with E-state index >= 15 is 0 Å². The molecule has 2 N–H and O–H groups in total. The number of hydrogen-bond acceptors (Lipinski definition) is 18. The molecule has 0 spiro atoms. The predicted molar refractivity (Wildman–Crippen MR) is 347 cm³/mol. The van der Waals surface area contributed by atoms with E-state index in [4.69, 9.17) is 42.2 Å². The number of aromatic nitrogens is 4. The maximum atomic E-state index is 13.8. The number of methoxy groups -OCH3 is 2. The van der Waals surface area contributed by atoms with Crippen LogP contribution in [0.25, 0.3) is 22.3 Å². The molecule has 23 heteroatoms. The molecule has 6 aromatic carbocycles. The Labute approximate surface area is 542 Å². The van der Waals surface area contributed by atoms with Crippen molar-refractivity contribution in [1.82, 2.24) is 34.4 Å². The minimum Gasteiger partial charge on any atom is -0.497 e. The minimum atomic E-state index is -1.77. The molecule has 0 bridgehead atoms. The molecule has 2 aliphatic rings. The number of nitrogens with one attached hydrogen (secondary N) is 2. The number of carbonyl (C=O) groups excluding carboxylic acids is 4. The number of benzene rings is 6. The number of fused-ring (bicyclic) bond motifs is 4. The summed E-state index contributed by atoms with van der Waals surface area (Å²) in [7, 11) is 3.08. The van der Waals surface area contributed by atoms with Crippen LogP contribution in [0.2, 0.25) is 0 Å². The van der Waals surface area contributed by atoms with Crippen LogP contribution in [0.4, 0.5) is 10.6 Å². The number of esters is 1. The molecule has 484 valence electrons. The third-order valence-corrected chi connectivity index (χ3v) is 18.2. The number of nitriles is 1. The summed E-state index contributed by atoms with van der Waals surface area (Å²) >= 11 is 0. The lowest BCUT2D eigenvalue weighted by molar-refractivity contribution is -0.231. The number of carbonyl (C=O) groups is 4. The van der Waals surface area contributed by atoms with E-state index in [0.29, 0.717) is 40.2 Å². The fourth-order valence-corrected chi connectivity index (χ4v) is 13.3. The summed E-state index contributed by atoms with van der Waals surface area (Å²) in [5.74, 6) is -0.140. The summed E-state index contributed by atoms with van der Waals surface area (Å²) < 4.78 is 59.9. The van der Waals surface area contributed by atoms with E-state index in [9.17, 15) is 24.4 Å². The fourth-order valence-electron chi connectivity index (χ4n) is 11.5. The molecule has 1 unspecified atom stereocenters. The van der Waals surface area contributed by atoms with Crippen molar-refractivity contribution in [3.8, 4) is 28.7 Å². The van der Waals surface area contributed by atoms with Gasteiger partial charge in [0.05, 0.1) is 39.6 Å². The number of hydrogen-bond donors (Lipinski definition) is 2. The zero-order valence-electron chi connectivity index (χ0n) is 53.0. The Bertz CT molecular complexity index is 3770. The van der Waals surface area contributed by atoms with Gasteiger partial charge in [-0.1, -0.05) is 115 Å². The molecule has 3 amide bonds. The van der Waals surface area contributed by atoms with Gasteiger partial charge in [0.1, 0.15) is 42.4 Å². The average Bonchev–Trinajstić information content (AvgIpc) is 1.62. The molecule has 93 heavy (non-hydrogen) atoms. The number of anilines is 1. The summed E-state index contributed by atoms with van der Waals surface area (Å²) in [5.41, 5.74) is 7.36. The topological polar surface area (TPSA) is 249 Å². The van der Waals surface area contributed by atoms with Crippen molar-refractivity contribution in [2.45, 2.75) is 102 Å². The van der Waals surface area contributed by atoms with Crippen molar-refractivity contribution >= 4 is 49.4 Å². The van der Waals surface area contributed by atoms with Crippen LogP contribution in [0.15, 0.2) is 164 Å². The molecule has 8 aromatic rings. The number of rotatable bonds is 30. The van der Waals surface area contributed by atoms with Gasteiger partial charge in [0.15, 0.2) is 36.7 Å². The van der Waals surface area contributed by atoms with Gasteiger partial charge in [0.25, 0.3) is 20.3 Å². The smallest absolute Gasteiger partial charge is 0.409 e. The van der Waals surface area contributed by atoms with Gasteiger partial charge in [-0.3, -0.25) is 19.0 Å². The van der Waals surface area contributed by atoms with Crippen LogP contribution in [0, 0.1) is 11.3 Å². The largest absolute Gasteiger partial charge is 0.497 e. The molecule has 2 aromatic heterocycles. The Morgan fingerprint density at radius 3 is 2.02 bits per heavy atom. The summed E-state index contributed by atoms with van der Waals surface area (Å²) in [4.78, 5) is 67.1. The molecule has 3 heterocycles. The van der Waals surface area contributed by atoms with Gasteiger partial charge in [-0.15, -0.1) is 0 Å². The first kappa shape index (κ1) is 66.7. The zero-order valence-corrected chi connectivity index (χ0v) is 53.9. The van der Waals surface area contributed by atoms with Crippen molar-refractivity contribution in [3.05, 3.63) is 203 Å². The van der Waals surface area contributed by atoms with Crippen LogP contribution in [0.3, 0.4) is 0 Å². The highest BCUT2D eigenvalue weighted by molar-refractivity contribution is 7.44. The molecule has 4 atom stereocenters. The van der Waals surface area contributed by atoms with Crippen LogP contribution in [-0.4, -0.2) is 132 Å². The van der Waals surface area contributed by atoms with Gasteiger partial charge in [0.2, 0.25) is 0 Å². The molecular formula is C70H76N9O13P. The van der Waals surface area contributed by atoms with Crippen LogP contribution in [0.5, 0.6) is 11.5 Å². The lowest BCUT2D eigenvalue weighted by atomic mass is 9.80. The van der Waals surface area contributed by atoms with Crippen molar-refractivity contribution < 1.29 is 61.4 Å². The molecule has 1 aliphatic heterocycles. The molecule has 1 fully saturated rings. The van der Waals surface area contributed by atoms with E-state index in [1.807, 2.05) is 103 Å². The van der Waals surface area contributed by atoms with Crippen molar-refractivity contribution in [2.75, 3.05) is 59.7 Å². The van der Waals surface area contributed by atoms with E-state index < -0.39 is 63.2 Å². The van der Waals surface area contributed by atoms with Gasteiger partial charge < -0.3 is 57.7 Å². The number of imidazole rings is 1. The SMILES string of the molecule is COc1ccc(C(OCO[C@H]2O[C@@H](n3cnc4c(NC(=O)c5ccc(CNC(=O)COC(=O)CCCN(C)C(=O)OCC6c7ccccc7-c7ccccc76)cc5)ncnc43)C[C@@H]2OP(OCCC#N)N(C(C)C)C(C)C)(c2ccccc2)c2ccc(OC)cc2)cc1. The fraction of sp³-hybridized carbons (Fsp3) is 0.343. The molecule has 1 saturated heterocycles. The summed E-state index contributed by atoms with van der Waals surface area (Å²) in [6.45, 7) is 8.15. The van der Waals surface area contributed by atoms with Gasteiger partial charge in [-0.25, -0.2) is 24.4 Å².